The normalized spacial score (nSPS) is 12.3. The molecule has 3 rings (SSSR count). The van der Waals surface area contributed by atoms with Gasteiger partial charge in [0.05, 0.1) is 5.52 Å². The molecule has 2 aromatic carbocycles. The predicted octanol–water partition coefficient (Wildman–Crippen LogP) is 3.09. The molecule has 22 heavy (non-hydrogen) atoms. The quantitative estimate of drug-likeness (QED) is 0.555. The Labute approximate surface area is 135 Å². The summed E-state index contributed by atoms with van der Waals surface area (Å²) in [7, 11) is 0. The largest absolute Gasteiger partial charge is 0.289 e. The zero-order valence-corrected chi connectivity index (χ0v) is 13.2. The third kappa shape index (κ3) is 2.88. The molecule has 0 saturated heterocycles. The van der Waals surface area contributed by atoms with Crippen LogP contribution in [0.3, 0.4) is 0 Å². The molecule has 2 N–H and O–H groups in total. The van der Waals surface area contributed by atoms with Crippen molar-refractivity contribution in [1.82, 2.24) is 15.3 Å². The first-order valence-electron chi connectivity index (χ1n) is 6.80. The number of aromatic nitrogens is 2. The third-order valence-corrected chi connectivity index (χ3v) is 4.21. The van der Waals surface area contributed by atoms with Crippen molar-refractivity contribution < 1.29 is 10.0 Å². The van der Waals surface area contributed by atoms with Crippen LogP contribution in [0.15, 0.2) is 59.2 Å². The van der Waals surface area contributed by atoms with Crippen molar-refractivity contribution in [3.8, 4) is 0 Å². The van der Waals surface area contributed by atoms with Crippen molar-refractivity contribution in [3.05, 3.63) is 64.8 Å². The van der Waals surface area contributed by atoms with Gasteiger partial charge in [-0.05, 0) is 17.7 Å². The summed E-state index contributed by atoms with van der Waals surface area (Å²) in [6, 6.07) is 14.7. The molecule has 0 radical (unpaired) electrons. The number of nitrogens with one attached hydrogen (secondary N) is 1. The number of amides is 1. The molecule has 1 unspecified atom stereocenters. The molecule has 6 heteroatoms. The first kappa shape index (κ1) is 14.7. The lowest BCUT2D eigenvalue weighted by atomic mass is 10.1. The maximum absolute atomic E-state index is 12.0. The van der Waals surface area contributed by atoms with Gasteiger partial charge in [-0.3, -0.25) is 14.7 Å². The van der Waals surface area contributed by atoms with Gasteiger partial charge in [-0.2, -0.15) is 5.10 Å². The molecule has 0 spiro atoms. The van der Waals surface area contributed by atoms with Crippen LogP contribution in [0.25, 0.3) is 10.9 Å². The number of carbonyl (C=O) groups excluding carboxylic acids is 1. The summed E-state index contributed by atoms with van der Waals surface area (Å²) in [6.45, 7) is 0. The molecule has 0 saturated carbocycles. The van der Waals surface area contributed by atoms with E-state index in [1.54, 1.807) is 10.2 Å². The van der Waals surface area contributed by atoms with Crippen LogP contribution < -0.4 is 5.48 Å². The Morgan fingerprint density at radius 2 is 2.00 bits per heavy atom. The minimum absolute atomic E-state index is 0.443. The van der Waals surface area contributed by atoms with Crippen LogP contribution in [0, 0.1) is 0 Å². The van der Waals surface area contributed by atoms with Gasteiger partial charge >= 0.3 is 0 Å². The van der Waals surface area contributed by atoms with Crippen molar-refractivity contribution in [2.45, 2.75) is 12.5 Å². The lowest BCUT2D eigenvalue weighted by Crippen LogP contribution is -2.32. The average molecular weight is 360 g/mol. The van der Waals surface area contributed by atoms with E-state index in [0.717, 1.165) is 20.9 Å². The van der Waals surface area contributed by atoms with Gasteiger partial charge in [0, 0.05) is 22.5 Å². The minimum Gasteiger partial charge on any atom is -0.289 e. The summed E-state index contributed by atoms with van der Waals surface area (Å²) in [5.74, 6) is -0.493. The van der Waals surface area contributed by atoms with E-state index in [1.807, 2.05) is 54.7 Å². The molecule has 1 amide bonds. The molecule has 1 aromatic heterocycles. The fourth-order valence-electron chi connectivity index (χ4n) is 2.40. The second-order valence-corrected chi connectivity index (χ2v) is 5.82. The highest BCUT2D eigenvalue weighted by atomic mass is 79.9. The molecule has 0 aliphatic heterocycles. The maximum atomic E-state index is 12.0. The predicted molar refractivity (Wildman–Crippen MR) is 86.5 cm³/mol. The molecule has 1 atom stereocenters. The van der Waals surface area contributed by atoms with Gasteiger partial charge in [0.1, 0.15) is 6.04 Å². The summed E-state index contributed by atoms with van der Waals surface area (Å²) in [4.78, 5) is 12.0. The Balaban J connectivity index is 2.00. The Bertz CT molecular complexity index is 802. The van der Waals surface area contributed by atoms with E-state index in [9.17, 15) is 4.79 Å². The molecule has 0 fully saturated rings. The molecule has 5 nitrogen and oxygen atoms in total. The average Bonchev–Trinajstić information content (AvgIpc) is 2.98. The maximum Gasteiger partial charge on any atom is 0.268 e. The highest BCUT2D eigenvalue weighted by molar-refractivity contribution is 9.10. The molecule has 3 aromatic rings. The number of hydrogen-bond acceptors (Lipinski definition) is 3. The van der Waals surface area contributed by atoms with E-state index in [1.165, 1.54) is 0 Å². The zero-order chi connectivity index (χ0) is 15.5. The third-order valence-electron chi connectivity index (χ3n) is 3.52. The van der Waals surface area contributed by atoms with Gasteiger partial charge in [0.2, 0.25) is 0 Å². The van der Waals surface area contributed by atoms with Crippen molar-refractivity contribution in [2.75, 3.05) is 0 Å². The number of carbonyl (C=O) groups is 1. The summed E-state index contributed by atoms with van der Waals surface area (Å²) >= 11 is 3.48. The Morgan fingerprint density at radius 3 is 2.68 bits per heavy atom. The smallest absolute Gasteiger partial charge is 0.268 e. The lowest BCUT2D eigenvalue weighted by Gasteiger charge is -2.15. The minimum atomic E-state index is -0.619. The number of hydrogen-bond donors (Lipinski definition) is 2. The fraction of sp³-hybridized carbons (Fsp3) is 0.125. The van der Waals surface area contributed by atoms with E-state index in [2.05, 4.69) is 21.0 Å². The SMILES string of the molecule is O=C(NO)C(Cc1ccccc1)n1cc2c(Br)cccc2n1. The molecule has 0 bridgehead atoms. The molecule has 112 valence electrons. The van der Waals surface area contributed by atoms with Crippen LogP contribution >= 0.6 is 15.9 Å². The molecule has 0 aliphatic carbocycles. The van der Waals surface area contributed by atoms with Crippen LogP contribution in [0.1, 0.15) is 11.6 Å². The second kappa shape index (κ2) is 6.29. The Kier molecular flexibility index (Phi) is 4.22. The monoisotopic (exact) mass is 359 g/mol. The Hall–Kier alpha value is -2.18. The molecule has 1 heterocycles. The van der Waals surface area contributed by atoms with Crippen LogP contribution in [0.2, 0.25) is 0 Å². The van der Waals surface area contributed by atoms with E-state index in [-0.39, 0.29) is 0 Å². The summed E-state index contributed by atoms with van der Waals surface area (Å²) in [5, 5.41) is 14.4. The highest BCUT2D eigenvalue weighted by Gasteiger charge is 2.22. The zero-order valence-electron chi connectivity index (χ0n) is 11.6. The van der Waals surface area contributed by atoms with Crippen molar-refractivity contribution in [3.63, 3.8) is 0 Å². The van der Waals surface area contributed by atoms with Gasteiger partial charge in [0.25, 0.3) is 5.91 Å². The molecular weight excluding hydrogens is 346 g/mol. The first-order chi connectivity index (χ1) is 10.7. The van der Waals surface area contributed by atoms with Gasteiger partial charge < -0.3 is 0 Å². The second-order valence-electron chi connectivity index (χ2n) is 4.96. The van der Waals surface area contributed by atoms with Gasteiger partial charge in [-0.1, -0.05) is 52.3 Å². The number of benzene rings is 2. The number of rotatable bonds is 4. The number of hydroxylamine groups is 1. The standard InChI is InChI=1S/C16H14BrN3O2/c17-13-7-4-8-14-12(13)10-20(18-14)15(16(21)19-22)9-11-5-2-1-3-6-11/h1-8,10,15,22H,9H2,(H,19,21). The first-order valence-corrected chi connectivity index (χ1v) is 7.59. The topological polar surface area (TPSA) is 67.2 Å². The lowest BCUT2D eigenvalue weighted by molar-refractivity contribution is -0.132. The molecular formula is C16H14BrN3O2. The van der Waals surface area contributed by atoms with E-state index >= 15 is 0 Å². The van der Waals surface area contributed by atoms with E-state index in [0.29, 0.717) is 6.42 Å². The van der Waals surface area contributed by atoms with Gasteiger partial charge in [0.15, 0.2) is 0 Å². The van der Waals surface area contributed by atoms with Gasteiger partial charge in [-0.25, -0.2) is 5.48 Å². The van der Waals surface area contributed by atoms with E-state index < -0.39 is 11.9 Å². The number of fused-ring (bicyclic) bond motifs is 1. The van der Waals surface area contributed by atoms with Crippen molar-refractivity contribution in [1.29, 1.82) is 0 Å². The van der Waals surface area contributed by atoms with Crippen molar-refractivity contribution in [2.24, 2.45) is 0 Å². The summed E-state index contributed by atoms with van der Waals surface area (Å²) in [6.07, 6.45) is 2.25. The van der Waals surface area contributed by atoms with E-state index in [4.69, 9.17) is 5.21 Å². The van der Waals surface area contributed by atoms with Crippen LogP contribution in [0.5, 0.6) is 0 Å². The number of nitrogens with zero attached hydrogens (tertiary/aromatic N) is 2. The van der Waals surface area contributed by atoms with Crippen LogP contribution in [-0.4, -0.2) is 20.9 Å². The van der Waals surface area contributed by atoms with Crippen molar-refractivity contribution >= 4 is 32.7 Å². The van der Waals surface area contributed by atoms with Gasteiger partial charge in [-0.15, -0.1) is 0 Å². The van der Waals surface area contributed by atoms with Crippen LogP contribution in [0.4, 0.5) is 0 Å². The van der Waals surface area contributed by atoms with Crippen LogP contribution in [-0.2, 0) is 11.2 Å². The number of halogens is 1. The highest BCUT2D eigenvalue weighted by Crippen LogP contribution is 2.25. The summed E-state index contributed by atoms with van der Waals surface area (Å²) in [5.41, 5.74) is 3.52. The molecule has 0 aliphatic rings. The summed E-state index contributed by atoms with van der Waals surface area (Å²) < 4.78 is 2.51. The fourth-order valence-corrected chi connectivity index (χ4v) is 2.86. The Morgan fingerprint density at radius 1 is 1.23 bits per heavy atom.